The lowest BCUT2D eigenvalue weighted by Gasteiger charge is -2.42. The molecular formula is C13H17F3N2. The summed E-state index contributed by atoms with van der Waals surface area (Å²) in [4.78, 5) is 1.87. The van der Waals surface area contributed by atoms with E-state index in [9.17, 15) is 13.2 Å². The van der Waals surface area contributed by atoms with Crippen molar-refractivity contribution < 1.29 is 13.2 Å². The van der Waals surface area contributed by atoms with Crippen molar-refractivity contribution in [1.29, 1.82) is 0 Å². The average Bonchev–Trinajstić information content (AvgIpc) is 2.33. The third-order valence-corrected chi connectivity index (χ3v) is 3.93. The van der Waals surface area contributed by atoms with E-state index in [2.05, 4.69) is 0 Å². The Kier molecular flexibility index (Phi) is 3.52. The minimum absolute atomic E-state index is 0.0676. The summed E-state index contributed by atoms with van der Waals surface area (Å²) in [5, 5.41) is 0. The molecule has 3 atom stereocenters. The topological polar surface area (TPSA) is 29.3 Å². The van der Waals surface area contributed by atoms with Crippen molar-refractivity contribution in [2.24, 2.45) is 11.7 Å². The minimum Gasteiger partial charge on any atom is -0.368 e. The van der Waals surface area contributed by atoms with Gasteiger partial charge in [0, 0.05) is 36.4 Å². The first-order valence-electron chi connectivity index (χ1n) is 6.08. The van der Waals surface area contributed by atoms with Crippen LogP contribution < -0.4 is 10.6 Å². The molecule has 0 aliphatic carbocycles. The monoisotopic (exact) mass is 258 g/mol. The molecule has 100 valence electrons. The van der Waals surface area contributed by atoms with E-state index in [1.807, 2.05) is 18.7 Å². The van der Waals surface area contributed by atoms with Gasteiger partial charge in [0.05, 0.1) is 0 Å². The van der Waals surface area contributed by atoms with Gasteiger partial charge in [-0.1, -0.05) is 6.92 Å². The summed E-state index contributed by atoms with van der Waals surface area (Å²) in [5.41, 5.74) is 6.33. The number of anilines is 1. The zero-order valence-electron chi connectivity index (χ0n) is 10.5. The maximum absolute atomic E-state index is 13.2. The predicted molar refractivity (Wildman–Crippen MR) is 64.9 cm³/mol. The van der Waals surface area contributed by atoms with E-state index in [1.165, 1.54) is 0 Å². The molecule has 2 rings (SSSR count). The van der Waals surface area contributed by atoms with Gasteiger partial charge in [0.15, 0.2) is 17.5 Å². The Morgan fingerprint density at radius 3 is 2.28 bits per heavy atom. The van der Waals surface area contributed by atoms with Gasteiger partial charge in [-0.05, 0) is 19.3 Å². The molecular weight excluding hydrogens is 241 g/mol. The van der Waals surface area contributed by atoms with Crippen LogP contribution in [0.3, 0.4) is 0 Å². The third kappa shape index (κ3) is 2.19. The Bertz CT molecular complexity index is 427. The highest BCUT2D eigenvalue weighted by Gasteiger charge is 2.31. The number of nitrogens with zero attached hydrogens (tertiary/aromatic N) is 1. The van der Waals surface area contributed by atoms with Crippen molar-refractivity contribution in [2.45, 2.75) is 32.4 Å². The Morgan fingerprint density at radius 1 is 1.17 bits per heavy atom. The third-order valence-electron chi connectivity index (χ3n) is 3.93. The van der Waals surface area contributed by atoms with Crippen LogP contribution in [0, 0.1) is 23.4 Å². The minimum atomic E-state index is -1.42. The standard InChI is InChI=1S/C13H17F3N2/c1-7-8(2)18(4-3-12(7)17)9-5-10(14)13(16)11(15)6-9/h5-8,12H,3-4,17H2,1-2H3. The second-order valence-corrected chi connectivity index (χ2v) is 4.97. The van der Waals surface area contributed by atoms with E-state index in [4.69, 9.17) is 5.73 Å². The van der Waals surface area contributed by atoms with Gasteiger partial charge in [-0.2, -0.15) is 0 Å². The molecule has 0 bridgehead atoms. The molecule has 0 aromatic heterocycles. The molecule has 0 saturated carbocycles. The highest BCUT2D eigenvalue weighted by Crippen LogP contribution is 2.29. The Balaban J connectivity index is 2.32. The predicted octanol–water partition coefficient (Wildman–Crippen LogP) is 2.67. The molecule has 1 aromatic rings. The lowest BCUT2D eigenvalue weighted by atomic mass is 9.87. The molecule has 1 fully saturated rings. The van der Waals surface area contributed by atoms with Gasteiger partial charge in [0.25, 0.3) is 0 Å². The summed E-state index contributed by atoms with van der Waals surface area (Å²) < 4.78 is 39.4. The molecule has 1 aliphatic heterocycles. The normalized spacial score (nSPS) is 28.6. The summed E-state index contributed by atoms with van der Waals surface area (Å²) in [6.45, 7) is 4.60. The molecule has 1 aromatic carbocycles. The fourth-order valence-corrected chi connectivity index (χ4v) is 2.47. The van der Waals surface area contributed by atoms with Crippen LogP contribution in [0.2, 0.25) is 0 Å². The van der Waals surface area contributed by atoms with Crippen LogP contribution in [0.4, 0.5) is 18.9 Å². The van der Waals surface area contributed by atoms with E-state index in [0.717, 1.165) is 18.6 Å². The first-order chi connectivity index (χ1) is 8.41. The molecule has 0 spiro atoms. The largest absolute Gasteiger partial charge is 0.368 e. The highest BCUT2D eigenvalue weighted by atomic mass is 19.2. The summed E-state index contributed by atoms with van der Waals surface area (Å²) in [6.07, 6.45) is 0.756. The Morgan fingerprint density at radius 2 is 1.72 bits per heavy atom. The summed E-state index contributed by atoms with van der Waals surface area (Å²) in [5.74, 6) is -3.51. The zero-order chi connectivity index (χ0) is 13.4. The van der Waals surface area contributed by atoms with Crippen molar-refractivity contribution >= 4 is 5.69 Å². The summed E-state index contributed by atoms with van der Waals surface area (Å²) in [6, 6.07) is 2.24. The molecule has 18 heavy (non-hydrogen) atoms. The number of benzene rings is 1. The van der Waals surface area contributed by atoms with Gasteiger partial charge < -0.3 is 10.6 Å². The molecule has 3 unspecified atom stereocenters. The second kappa shape index (κ2) is 4.80. The number of rotatable bonds is 1. The fraction of sp³-hybridized carbons (Fsp3) is 0.538. The molecule has 2 N–H and O–H groups in total. The molecule has 1 saturated heterocycles. The van der Waals surface area contributed by atoms with Crippen molar-refractivity contribution in [1.82, 2.24) is 0 Å². The summed E-state index contributed by atoms with van der Waals surface area (Å²) >= 11 is 0. The van der Waals surface area contributed by atoms with E-state index in [1.54, 1.807) is 0 Å². The molecule has 0 radical (unpaired) electrons. The quantitative estimate of drug-likeness (QED) is 0.785. The molecule has 2 nitrogen and oxygen atoms in total. The van der Waals surface area contributed by atoms with Gasteiger partial charge in [-0.3, -0.25) is 0 Å². The van der Waals surface area contributed by atoms with E-state index >= 15 is 0 Å². The maximum atomic E-state index is 13.2. The van der Waals surface area contributed by atoms with Gasteiger partial charge >= 0.3 is 0 Å². The van der Waals surface area contributed by atoms with Crippen molar-refractivity contribution in [2.75, 3.05) is 11.4 Å². The van der Waals surface area contributed by atoms with Crippen molar-refractivity contribution in [3.63, 3.8) is 0 Å². The van der Waals surface area contributed by atoms with Crippen LogP contribution in [-0.2, 0) is 0 Å². The Labute approximate surface area is 105 Å². The molecule has 1 aliphatic rings. The smallest absolute Gasteiger partial charge is 0.194 e. The first-order valence-corrected chi connectivity index (χ1v) is 6.08. The zero-order valence-corrected chi connectivity index (χ0v) is 10.5. The molecule has 1 heterocycles. The molecule has 0 amide bonds. The number of halogens is 3. The van der Waals surface area contributed by atoms with Crippen LogP contribution in [0.1, 0.15) is 20.3 Å². The van der Waals surface area contributed by atoms with E-state index in [-0.39, 0.29) is 18.0 Å². The maximum Gasteiger partial charge on any atom is 0.194 e. The second-order valence-electron chi connectivity index (χ2n) is 4.97. The first kappa shape index (κ1) is 13.2. The number of hydrogen-bond acceptors (Lipinski definition) is 2. The highest BCUT2D eigenvalue weighted by molar-refractivity contribution is 5.49. The summed E-state index contributed by atoms with van der Waals surface area (Å²) in [7, 11) is 0. The fourth-order valence-electron chi connectivity index (χ4n) is 2.47. The van der Waals surface area contributed by atoms with Crippen LogP contribution in [0.25, 0.3) is 0 Å². The number of nitrogens with two attached hydrogens (primary N) is 1. The van der Waals surface area contributed by atoms with Crippen molar-refractivity contribution in [3.05, 3.63) is 29.6 Å². The van der Waals surface area contributed by atoms with Gasteiger partial charge in [0.2, 0.25) is 0 Å². The van der Waals surface area contributed by atoms with Crippen molar-refractivity contribution in [3.8, 4) is 0 Å². The SMILES string of the molecule is CC1C(N)CCN(c2cc(F)c(F)c(F)c2)C1C. The molecule has 5 heteroatoms. The van der Waals surface area contributed by atoms with Crippen LogP contribution in [0.5, 0.6) is 0 Å². The van der Waals surface area contributed by atoms with Crippen LogP contribution in [-0.4, -0.2) is 18.6 Å². The lowest BCUT2D eigenvalue weighted by molar-refractivity contribution is 0.315. The Hall–Kier alpha value is -1.23. The number of hydrogen-bond donors (Lipinski definition) is 1. The lowest BCUT2D eigenvalue weighted by Crippen LogP contribution is -2.51. The number of piperidine rings is 1. The van der Waals surface area contributed by atoms with Crippen LogP contribution in [0.15, 0.2) is 12.1 Å². The van der Waals surface area contributed by atoms with Gasteiger partial charge in [-0.25, -0.2) is 13.2 Å². The van der Waals surface area contributed by atoms with Gasteiger partial charge in [-0.15, -0.1) is 0 Å². The van der Waals surface area contributed by atoms with E-state index in [0.29, 0.717) is 12.2 Å². The van der Waals surface area contributed by atoms with Crippen LogP contribution >= 0.6 is 0 Å². The van der Waals surface area contributed by atoms with Gasteiger partial charge in [0.1, 0.15) is 0 Å². The average molecular weight is 258 g/mol. The van der Waals surface area contributed by atoms with E-state index < -0.39 is 17.5 Å².